The predicted molar refractivity (Wildman–Crippen MR) is 118 cm³/mol. The number of hydrogen-bond acceptors (Lipinski definition) is 8. The number of aromatic nitrogens is 4. The third-order valence-corrected chi connectivity index (χ3v) is 5.86. The lowest BCUT2D eigenvalue weighted by molar-refractivity contribution is -0.142. The zero-order chi connectivity index (χ0) is 22.2. The third-order valence-electron chi connectivity index (χ3n) is 5.86. The number of carbonyl (C=O) groups excluding carboxylic acids is 1. The van der Waals surface area contributed by atoms with E-state index in [1.54, 1.807) is 4.57 Å². The number of hydrogen-bond donors (Lipinski definition) is 2. The Hall–Kier alpha value is -2.62. The third kappa shape index (κ3) is 6.19. The lowest BCUT2D eigenvalue weighted by Gasteiger charge is -2.31. The van der Waals surface area contributed by atoms with Gasteiger partial charge in [-0.15, -0.1) is 0 Å². The number of methoxy groups -OCH3 is 1. The SMILES string of the molecule is CCCCOc1nc(N)c2[nH]c(=O)n(CCCCN3CCC(CC(=O)OC)CC3)c2n1. The first-order chi connectivity index (χ1) is 15.0. The average Bonchev–Trinajstić information content (AvgIpc) is 3.08. The summed E-state index contributed by atoms with van der Waals surface area (Å²) in [6, 6.07) is 0.209. The Balaban J connectivity index is 1.50. The molecule has 3 heterocycles. The number of nitrogens with one attached hydrogen (secondary N) is 1. The van der Waals surface area contributed by atoms with Gasteiger partial charge in [0.15, 0.2) is 11.5 Å². The molecule has 0 saturated carbocycles. The first-order valence-corrected chi connectivity index (χ1v) is 11.2. The van der Waals surface area contributed by atoms with E-state index in [0.29, 0.717) is 36.7 Å². The van der Waals surface area contributed by atoms with Crippen LogP contribution < -0.4 is 16.2 Å². The second-order valence-corrected chi connectivity index (χ2v) is 8.15. The van der Waals surface area contributed by atoms with Crippen molar-refractivity contribution < 1.29 is 14.3 Å². The van der Waals surface area contributed by atoms with Gasteiger partial charge in [-0.1, -0.05) is 13.3 Å². The van der Waals surface area contributed by atoms with Gasteiger partial charge in [0, 0.05) is 13.0 Å². The molecule has 0 amide bonds. The highest BCUT2D eigenvalue weighted by atomic mass is 16.5. The summed E-state index contributed by atoms with van der Waals surface area (Å²) < 4.78 is 12.0. The number of unbranched alkanes of at least 4 members (excludes halogenated alkanes) is 2. The molecule has 31 heavy (non-hydrogen) atoms. The zero-order valence-corrected chi connectivity index (χ0v) is 18.6. The molecule has 0 aromatic carbocycles. The van der Waals surface area contributed by atoms with Gasteiger partial charge in [0.25, 0.3) is 0 Å². The van der Waals surface area contributed by atoms with Crippen LogP contribution in [0.15, 0.2) is 4.79 Å². The van der Waals surface area contributed by atoms with Gasteiger partial charge in [0.1, 0.15) is 5.52 Å². The van der Waals surface area contributed by atoms with E-state index in [-0.39, 0.29) is 23.5 Å². The van der Waals surface area contributed by atoms with Crippen LogP contribution in [0, 0.1) is 5.92 Å². The summed E-state index contributed by atoms with van der Waals surface area (Å²) in [7, 11) is 1.44. The molecule has 0 atom stereocenters. The fraction of sp³-hybridized carbons (Fsp3) is 0.714. The van der Waals surface area contributed by atoms with Crippen LogP contribution in [0.4, 0.5) is 5.82 Å². The van der Waals surface area contributed by atoms with E-state index in [1.807, 2.05) is 0 Å². The molecule has 3 rings (SSSR count). The van der Waals surface area contributed by atoms with E-state index >= 15 is 0 Å². The van der Waals surface area contributed by atoms with E-state index in [4.69, 9.17) is 15.2 Å². The van der Waals surface area contributed by atoms with Crippen LogP contribution in [-0.2, 0) is 16.1 Å². The molecule has 1 saturated heterocycles. The second-order valence-electron chi connectivity index (χ2n) is 8.15. The van der Waals surface area contributed by atoms with Crippen molar-refractivity contribution in [1.82, 2.24) is 24.4 Å². The molecule has 3 N–H and O–H groups in total. The zero-order valence-electron chi connectivity index (χ0n) is 18.6. The fourth-order valence-electron chi connectivity index (χ4n) is 3.95. The highest BCUT2D eigenvalue weighted by Gasteiger charge is 2.21. The van der Waals surface area contributed by atoms with Crippen LogP contribution in [0.3, 0.4) is 0 Å². The number of anilines is 1. The summed E-state index contributed by atoms with van der Waals surface area (Å²) in [5, 5.41) is 0. The van der Waals surface area contributed by atoms with Gasteiger partial charge >= 0.3 is 17.7 Å². The van der Waals surface area contributed by atoms with Crippen molar-refractivity contribution >= 4 is 23.0 Å². The minimum Gasteiger partial charge on any atom is -0.469 e. The smallest absolute Gasteiger partial charge is 0.327 e. The van der Waals surface area contributed by atoms with Crippen LogP contribution in [0.1, 0.15) is 51.9 Å². The van der Waals surface area contributed by atoms with Crippen LogP contribution in [-0.4, -0.2) is 63.7 Å². The molecule has 1 aliphatic rings. The second kappa shape index (κ2) is 11.1. The van der Waals surface area contributed by atoms with Gasteiger partial charge < -0.3 is 25.1 Å². The number of rotatable bonds is 11. The van der Waals surface area contributed by atoms with E-state index in [0.717, 1.165) is 58.2 Å². The predicted octanol–water partition coefficient (Wildman–Crippen LogP) is 1.94. The van der Waals surface area contributed by atoms with Crippen LogP contribution in [0.5, 0.6) is 6.01 Å². The number of nitrogen functional groups attached to an aromatic ring is 1. The molecule has 172 valence electrons. The van der Waals surface area contributed by atoms with Crippen LogP contribution in [0.25, 0.3) is 11.2 Å². The topological polar surface area (TPSA) is 128 Å². The number of H-pyrrole nitrogens is 1. The Morgan fingerprint density at radius 1 is 1.19 bits per heavy atom. The van der Waals surface area contributed by atoms with Crippen molar-refractivity contribution in [3.63, 3.8) is 0 Å². The van der Waals surface area contributed by atoms with Crippen molar-refractivity contribution in [2.75, 3.05) is 39.1 Å². The van der Waals surface area contributed by atoms with Crippen LogP contribution in [0.2, 0.25) is 0 Å². The number of aryl methyl sites for hydroxylation is 1. The summed E-state index contributed by atoms with van der Waals surface area (Å²) in [6.45, 7) is 6.13. The molecule has 0 bridgehead atoms. The molecule has 0 spiro atoms. The van der Waals surface area contributed by atoms with Gasteiger partial charge in [-0.3, -0.25) is 9.36 Å². The summed E-state index contributed by atoms with van der Waals surface area (Å²) in [6.07, 6.45) is 6.30. The van der Waals surface area contributed by atoms with Gasteiger partial charge in [0.05, 0.1) is 13.7 Å². The standard InChI is InChI=1S/C21H34N6O4/c1-3-4-13-31-20-24-18(22)17-19(25-20)27(21(29)23-17)10-6-5-9-26-11-7-15(8-12-26)14-16(28)30-2/h15H,3-14H2,1-2H3,(H,23,29)(H2,22,24,25). The molecular formula is C21H34N6O4. The molecule has 0 radical (unpaired) electrons. The largest absolute Gasteiger partial charge is 0.469 e. The normalized spacial score (nSPS) is 15.4. The highest BCUT2D eigenvalue weighted by molar-refractivity contribution is 5.81. The summed E-state index contributed by atoms with van der Waals surface area (Å²) in [5.74, 6) is 0.528. The lowest BCUT2D eigenvalue weighted by atomic mass is 9.93. The molecule has 10 nitrogen and oxygen atoms in total. The van der Waals surface area contributed by atoms with E-state index < -0.39 is 0 Å². The summed E-state index contributed by atoms with van der Waals surface area (Å²) in [4.78, 5) is 37.6. The van der Waals surface area contributed by atoms with Crippen molar-refractivity contribution in [3.8, 4) is 6.01 Å². The quantitative estimate of drug-likeness (QED) is 0.405. The first kappa shape index (κ1) is 23.1. The van der Waals surface area contributed by atoms with Gasteiger partial charge in [0.2, 0.25) is 0 Å². The van der Waals surface area contributed by atoms with Crippen LogP contribution >= 0.6 is 0 Å². The maximum Gasteiger partial charge on any atom is 0.327 e. The molecule has 2 aromatic rings. The van der Waals surface area contributed by atoms with Crippen molar-refractivity contribution in [2.45, 2.75) is 58.4 Å². The fourth-order valence-corrected chi connectivity index (χ4v) is 3.95. The van der Waals surface area contributed by atoms with Gasteiger partial charge in [-0.25, -0.2) is 4.79 Å². The Morgan fingerprint density at radius 3 is 2.65 bits per heavy atom. The molecule has 0 aliphatic carbocycles. The van der Waals surface area contributed by atoms with Crippen molar-refractivity contribution in [2.24, 2.45) is 5.92 Å². The number of nitrogens with zero attached hydrogens (tertiary/aromatic N) is 4. The minimum atomic E-state index is -0.231. The Morgan fingerprint density at radius 2 is 1.94 bits per heavy atom. The maximum atomic E-state index is 12.4. The van der Waals surface area contributed by atoms with Crippen molar-refractivity contribution in [1.29, 1.82) is 0 Å². The Kier molecular flexibility index (Phi) is 8.27. The summed E-state index contributed by atoms with van der Waals surface area (Å²) in [5.41, 5.74) is 6.72. The molecule has 1 fully saturated rings. The molecule has 10 heteroatoms. The number of ether oxygens (including phenoxy) is 2. The molecule has 2 aromatic heterocycles. The minimum absolute atomic E-state index is 0.119. The van der Waals surface area contributed by atoms with Gasteiger partial charge in [-0.2, -0.15) is 9.97 Å². The highest BCUT2D eigenvalue weighted by Crippen LogP contribution is 2.21. The number of likely N-dealkylation sites (tertiary alicyclic amines) is 1. The monoisotopic (exact) mass is 434 g/mol. The molecular weight excluding hydrogens is 400 g/mol. The van der Waals surface area contributed by atoms with E-state index in [1.165, 1.54) is 7.11 Å². The number of carbonyl (C=O) groups is 1. The Labute approximate surface area is 182 Å². The number of imidazole rings is 1. The number of piperidine rings is 1. The lowest BCUT2D eigenvalue weighted by Crippen LogP contribution is -2.35. The average molecular weight is 435 g/mol. The molecule has 1 aliphatic heterocycles. The van der Waals surface area contributed by atoms with E-state index in [2.05, 4.69) is 26.8 Å². The number of esters is 1. The Bertz CT molecular complexity index is 916. The number of aromatic amines is 1. The number of fused-ring (bicyclic) bond motifs is 1. The summed E-state index contributed by atoms with van der Waals surface area (Å²) >= 11 is 0. The maximum absolute atomic E-state index is 12.4. The van der Waals surface area contributed by atoms with Crippen molar-refractivity contribution in [3.05, 3.63) is 10.5 Å². The van der Waals surface area contributed by atoms with E-state index in [9.17, 15) is 9.59 Å². The number of nitrogens with two attached hydrogens (primary N) is 1. The first-order valence-electron chi connectivity index (χ1n) is 11.2. The molecule has 0 unspecified atom stereocenters. The van der Waals surface area contributed by atoms with Gasteiger partial charge in [-0.05, 0) is 57.7 Å².